The lowest BCUT2D eigenvalue weighted by Gasteiger charge is -2.12. The molecule has 1 aromatic heterocycles. The molecule has 0 fully saturated rings. The van der Waals surface area contributed by atoms with Crippen LogP contribution in [0.2, 0.25) is 0 Å². The van der Waals surface area contributed by atoms with Gasteiger partial charge in [0.2, 0.25) is 0 Å². The van der Waals surface area contributed by atoms with Crippen LogP contribution in [0.25, 0.3) is 0 Å². The molecule has 0 aliphatic heterocycles. The number of aromatic nitrogens is 2. The normalized spacial score (nSPS) is 11.3. The minimum Gasteiger partial charge on any atom is -0.496 e. The molecule has 0 aliphatic rings. The van der Waals surface area contributed by atoms with Gasteiger partial charge in [-0.15, -0.1) is 0 Å². The van der Waals surface area contributed by atoms with Crippen LogP contribution in [-0.4, -0.2) is 33.9 Å². The van der Waals surface area contributed by atoms with Crippen LogP contribution in [0.1, 0.15) is 31.9 Å². The van der Waals surface area contributed by atoms with E-state index in [4.69, 9.17) is 17.0 Å². The van der Waals surface area contributed by atoms with Crippen molar-refractivity contribution in [3.63, 3.8) is 0 Å². The van der Waals surface area contributed by atoms with E-state index in [-0.39, 0.29) is 6.04 Å². The first-order valence-electron chi connectivity index (χ1n) is 8.17. The Labute approximate surface area is 163 Å². The van der Waals surface area contributed by atoms with Gasteiger partial charge in [-0.05, 0) is 62.8 Å². The van der Waals surface area contributed by atoms with Gasteiger partial charge in [0.05, 0.1) is 12.8 Å². The van der Waals surface area contributed by atoms with Crippen LogP contribution < -0.4 is 15.5 Å². The van der Waals surface area contributed by atoms with Gasteiger partial charge in [-0.2, -0.15) is 5.10 Å². The lowest BCUT2D eigenvalue weighted by atomic mass is 10.1. The van der Waals surface area contributed by atoms with Crippen molar-refractivity contribution in [3.05, 3.63) is 47.8 Å². The van der Waals surface area contributed by atoms with Crippen molar-refractivity contribution in [1.29, 1.82) is 0 Å². The van der Waals surface area contributed by atoms with E-state index in [0.29, 0.717) is 10.9 Å². The Hall–Kier alpha value is -2.19. The zero-order chi connectivity index (χ0) is 18.9. The van der Waals surface area contributed by atoms with Crippen LogP contribution in [0.5, 0.6) is 5.75 Å². The number of thiocarbonyl (C=S) groups is 1. The number of nitrogens with zero attached hydrogens (tertiary/aromatic N) is 3. The highest BCUT2D eigenvalue weighted by molar-refractivity contribution is 7.98. The maximum absolute atomic E-state index is 5.47. The molecule has 0 spiro atoms. The Balaban J connectivity index is 2.10. The number of ether oxygens (including phenoxy) is 1. The minimum absolute atomic E-state index is 0.260. The number of methoxy groups -OCH3 is 1. The lowest BCUT2D eigenvalue weighted by Crippen LogP contribution is -2.37. The van der Waals surface area contributed by atoms with Crippen LogP contribution in [0.4, 0.5) is 0 Å². The van der Waals surface area contributed by atoms with Crippen molar-refractivity contribution >= 4 is 34.8 Å². The second-order valence-electron chi connectivity index (χ2n) is 5.78. The molecule has 138 valence electrons. The minimum atomic E-state index is 0.260. The molecule has 1 aromatic carbocycles. The van der Waals surface area contributed by atoms with Crippen LogP contribution in [0, 0.1) is 0 Å². The van der Waals surface area contributed by atoms with Crippen LogP contribution >= 0.6 is 24.0 Å². The van der Waals surface area contributed by atoms with Gasteiger partial charge in [0.25, 0.3) is 0 Å². The second kappa shape index (κ2) is 10.1. The molecule has 0 unspecified atom stereocenters. The predicted molar refractivity (Wildman–Crippen MR) is 111 cm³/mol. The van der Waals surface area contributed by atoms with Crippen LogP contribution in [0.3, 0.4) is 0 Å². The van der Waals surface area contributed by atoms with Gasteiger partial charge in [0.1, 0.15) is 5.75 Å². The molecular formula is C18H23N5OS2. The average Bonchev–Trinajstić information content (AvgIpc) is 2.64. The number of hydrogen-bond acceptors (Lipinski definition) is 6. The number of benzene rings is 1. The Morgan fingerprint density at radius 1 is 1.31 bits per heavy atom. The predicted octanol–water partition coefficient (Wildman–Crippen LogP) is 3.37. The highest BCUT2D eigenvalue weighted by Crippen LogP contribution is 2.27. The molecule has 2 N–H and O–H groups in total. The maximum atomic E-state index is 5.47. The number of nitrogens with one attached hydrogen (secondary N) is 2. The summed E-state index contributed by atoms with van der Waals surface area (Å²) >= 11 is 6.75. The van der Waals surface area contributed by atoms with Gasteiger partial charge in [0, 0.05) is 29.8 Å². The maximum Gasteiger partial charge on any atom is 0.187 e. The van der Waals surface area contributed by atoms with E-state index in [0.717, 1.165) is 27.7 Å². The summed E-state index contributed by atoms with van der Waals surface area (Å²) in [5.74, 6) is 1.53. The standard InChI is InChI=1S/C18H23N5OS2/c1-12(2)21-17(25)23-22-13(3)14-6-7-16(24-4)15(10-14)11-26-18-19-8-5-9-20-18/h5-10,12H,11H2,1-4H3,(H2,21,23,25)/b22-13-. The molecule has 0 bridgehead atoms. The summed E-state index contributed by atoms with van der Waals surface area (Å²) in [5.41, 5.74) is 5.76. The van der Waals surface area contributed by atoms with Gasteiger partial charge < -0.3 is 10.1 Å². The fourth-order valence-corrected chi connectivity index (χ4v) is 3.17. The molecule has 2 aromatic rings. The van der Waals surface area contributed by atoms with Gasteiger partial charge in [-0.3, -0.25) is 5.43 Å². The zero-order valence-corrected chi connectivity index (χ0v) is 16.9. The van der Waals surface area contributed by atoms with Crippen LogP contribution in [0.15, 0.2) is 46.9 Å². The summed E-state index contributed by atoms with van der Waals surface area (Å²) in [6, 6.07) is 8.05. The van der Waals surface area contributed by atoms with Crippen molar-refractivity contribution in [2.45, 2.75) is 37.7 Å². The van der Waals surface area contributed by atoms with E-state index in [1.54, 1.807) is 37.3 Å². The average molecular weight is 390 g/mol. The number of thioether (sulfide) groups is 1. The summed E-state index contributed by atoms with van der Waals surface area (Å²) in [6.07, 6.45) is 3.47. The largest absolute Gasteiger partial charge is 0.496 e. The second-order valence-corrected chi connectivity index (χ2v) is 7.13. The fourth-order valence-electron chi connectivity index (χ4n) is 2.11. The van der Waals surface area contributed by atoms with Crippen molar-refractivity contribution in [3.8, 4) is 5.75 Å². The van der Waals surface area contributed by atoms with E-state index in [9.17, 15) is 0 Å². The Kier molecular flexibility index (Phi) is 7.80. The first-order chi connectivity index (χ1) is 12.5. The van der Waals surface area contributed by atoms with Crippen molar-refractivity contribution in [2.75, 3.05) is 7.11 Å². The number of hydrogen-bond donors (Lipinski definition) is 2. The molecule has 0 aliphatic carbocycles. The third-order valence-corrected chi connectivity index (χ3v) is 4.48. The monoisotopic (exact) mass is 389 g/mol. The van der Waals surface area contributed by atoms with E-state index >= 15 is 0 Å². The van der Waals surface area contributed by atoms with Gasteiger partial charge in [-0.1, -0.05) is 11.8 Å². The highest BCUT2D eigenvalue weighted by atomic mass is 32.2. The van der Waals surface area contributed by atoms with Crippen LogP contribution in [-0.2, 0) is 5.75 Å². The molecule has 0 atom stereocenters. The molecule has 0 amide bonds. The number of rotatable bonds is 7. The molecule has 8 heteroatoms. The molecule has 0 saturated heterocycles. The summed E-state index contributed by atoms with van der Waals surface area (Å²) in [7, 11) is 1.67. The van der Waals surface area contributed by atoms with Gasteiger partial charge >= 0.3 is 0 Å². The quantitative estimate of drug-likeness (QED) is 0.247. The molecule has 6 nitrogen and oxygen atoms in total. The van der Waals surface area contributed by atoms with E-state index < -0.39 is 0 Å². The summed E-state index contributed by atoms with van der Waals surface area (Å²) in [5, 5.41) is 8.68. The Morgan fingerprint density at radius 2 is 2.04 bits per heavy atom. The smallest absolute Gasteiger partial charge is 0.187 e. The lowest BCUT2D eigenvalue weighted by molar-refractivity contribution is 0.411. The van der Waals surface area contributed by atoms with Crippen molar-refractivity contribution < 1.29 is 4.74 Å². The summed E-state index contributed by atoms with van der Waals surface area (Å²) in [4.78, 5) is 8.47. The Bertz CT molecular complexity index is 765. The van der Waals surface area contributed by atoms with Gasteiger partial charge in [0.15, 0.2) is 10.3 Å². The summed E-state index contributed by atoms with van der Waals surface area (Å²) in [6.45, 7) is 5.98. The SMILES string of the molecule is COc1ccc(/C(C)=N\NC(=S)NC(C)C)cc1CSc1ncccn1. The fraction of sp³-hybridized carbons (Fsp3) is 0.333. The van der Waals surface area contributed by atoms with Crippen molar-refractivity contribution in [1.82, 2.24) is 20.7 Å². The van der Waals surface area contributed by atoms with E-state index in [1.165, 1.54) is 0 Å². The first-order valence-corrected chi connectivity index (χ1v) is 9.57. The third-order valence-electron chi connectivity index (χ3n) is 3.34. The van der Waals surface area contributed by atoms with E-state index in [1.807, 2.05) is 32.9 Å². The topological polar surface area (TPSA) is 71.4 Å². The number of hydrazone groups is 1. The highest BCUT2D eigenvalue weighted by Gasteiger charge is 2.08. The molecular weight excluding hydrogens is 366 g/mol. The third kappa shape index (κ3) is 6.27. The molecule has 26 heavy (non-hydrogen) atoms. The Morgan fingerprint density at radius 3 is 2.69 bits per heavy atom. The summed E-state index contributed by atoms with van der Waals surface area (Å²) < 4.78 is 5.47. The molecule has 0 saturated carbocycles. The zero-order valence-electron chi connectivity index (χ0n) is 15.3. The molecule has 0 radical (unpaired) electrons. The first kappa shape index (κ1) is 20.1. The van der Waals surface area contributed by atoms with E-state index in [2.05, 4.69) is 31.9 Å². The molecule has 2 rings (SSSR count). The van der Waals surface area contributed by atoms with Crippen molar-refractivity contribution in [2.24, 2.45) is 5.10 Å². The molecule has 1 heterocycles. The van der Waals surface area contributed by atoms with Gasteiger partial charge in [-0.25, -0.2) is 9.97 Å².